The Morgan fingerprint density at radius 3 is 2.52 bits per heavy atom. The average molecular weight is 416 g/mol. The van der Waals surface area contributed by atoms with Crippen LogP contribution in [0.4, 0.5) is 5.69 Å². The van der Waals surface area contributed by atoms with Crippen LogP contribution in [0.1, 0.15) is 12.0 Å². The lowest BCUT2D eigenvalue weighted by molar-refractivity contribution is 0.304. The van der Waals surface area contributed by atoms with E-state index in [0.717, 1.165) is 38.4 Å². The van der Waals surface area contributed by atoms with Gasteiger partial charge < -0.3 is 25.0 Å². The molecule has 31 heavy (non-hydrogen) atoms. The highest BCUT2D eigenvalue weighted by atomic mass is 16.5. The Morgan fingerprint density at radius 2 is 1.77 bits per heavy atom. The Balaban J connectivity index is 0.000000217. The first kappa shape index (κ1) is 21.4. The Labute approximate surface area is 184 Å². The number of fused-ring (bicyclic) bond motifs is 3. The number of aryl methyl sites for hydroxylation is 1. The maximum absolute atomic E-state index is 8.58. The van der Waals surface area contributed by atoms with Crippen LogP contribution in [0.3, 0.4) is 0 Å². The maximum Gasteiger partial charge on any atom is 0.488 e. The van der Waals surface area contributed by atoms with Crippen molar-refractivity contribution < 1.29 is 14.8 Å². The number of benzene rings is 3. The number of rotatable bonds is 2. The maximum atomic E-state index is 8.58. The van der Waals surface area contributed by atoms with Crippen molar-refractivity contribution in [3.8, 4) is 16.9 Å². The second kappa shape index (κ2) is 10.0. The molecule has 1 fully saturated rings. The third-order valence-corrected chi connectivity index (χ3v) is 5.78. The predicted octanol–water partition coefficient (Wildman–Crippen LogP) is 2.59. The molecule has 0 unspecified atom stereocenters. The minimum Gasteiger partial charge on any atom is -0.491 e. The smallest absolute Gasteiger partial charge is 0.488 e. The highest BCUT2D eigenvalue weighted by Crippen LogP contribution is 2.37. The molecule has 0 bridgehead atoms. The molecular weight excluding hydrogens is 387 g/mol. The van der Waals surface area contributed by atoms with Crippen LogP contribution >= 0.6 is 0 Å². The van der Waals surface area contributed by atoms with Crippen LogP contribution in [-0.4, -0.2) is 49.4 Å². The van der Waals surface area contributed by atoms with Crippen LogP contribution in [0, 0.1) is 6.92 Å². The van der Waals surface area contributed by atoms with Crippen LogP contribution < -0.4 is 20.4 Å². The van der Waals surface area contributed by atoms with Crippen molar-refractivity contribution in [1.29, 1.82) is 0 Å². The van der Waals surface area contributed by atoms with E-state index in [0.29, 0.717) is 11.5 Å². The van der Waals surface area contributed by atoms with Gasteiger partial charge in [0.15, 0.2) is 0 Å². The van der Waals surface area contributed by atoms with Gasteiger partial charge in [-0.1, -0.05) is 66.2 Å². The molecular formula is C25H29BN2O3. The minimum absolute atomic E-state index is 0.525. The monoisotopic (exact) mass is 416 g/mol. The predicted molar refractivity (Wildman–Crippen MR) is 127 cm³/mol. The fourth-order valence-corrected chi connectivity index (χ4v) is 4.13. The minimum atomic E-state index is -1.34. The number of nitrogens with one attached hydrogen (secondary N) is 1. The first-order chi connectivity index (χ1) is 15.1. The normalized spacial score (nSPS) is 17.3. The van der Waals surface area contributed by atoms with Crippen molar-refractivity contribution in [3.63, 3.8) is 0 Å². The van der Waals surface area contributed by atoms with Crippen LogP contribution in [-0.2, 0) is 0 Å². The summed E-state index contributed by atoms with van der Waals surface area (Å²) in [5, 5.41) is 20.7. The number of anilines is 1. The molecule has 2 heterocycles. The van der Waals surface area contributed by atoms with E-state index in [-0.39, 0.29) is 0 Å². The van der Waals surface area contributed by atoms with Crippen molar-refractivity contribution in [3.05, 3.63) is 78.4 Å². The van der Waals surface area contributed by atoms with E-state index in [1.807, 2.05) is 6.07 Å². The molecule has 2 aliphatic rings. The van der Waals surface area contributed by atoms with E-state index < -0.39 is 7.12 Å². The highest BCUT2D eigenvalue weighted by molar-refractivity contribution is 6.58. The van der Waals surface area contributed by atoms with E-state index in [4.69, 9.17) is 14.8 Å². The summed E-state index contributed by atoms with van der Waals surface area (Å²) in [6.45, 7) is 6.10. The van der Waals surface area contributed by atoms with Gasteiger partial charge in [-0.3, -0.25) is 0 Å². The van der Waals surface area contributed by atoms with E-state index in [2.05, 4.69) is 59.6 Å². The second-order valence-electron chi connectivity index (χ2n) is 8.02. The largest absolute Gasteiger partial charge is 0.491 e. The van der Waals surface area contributed by atoms with Gasteiger partial charge in [0.05, 0.1) is 12.3 Å². The summed E-state index contributed by atoms with van der Waals surface area (Å²) in [7, 11) is -1.34. The fraction of sp³-hybridized carbons (Fsp3) is 0.280. The summed E-state index contributed by atoms with van der Waals surface area (Å²) in [6, 6.07) is 24.5. The lowest BCUT2D eigenvalue weighted by Gasteiger charge is -2.36. The van der Waals surface area contributed by atoms with Gasteiger partial charge in [-0.25, -0.2) is 0 Å². The summed E-state index contributed by atoms with van der Waals surface area (Å²) >= 11 is 0. The molecule has 1 atom stereocenters. The first-order valence-corrected chi connectivity index (χ1v) is 10.8. The Bertz CT molecular complexity index is 997. The molecule has 3 aromatic carbocycles. The molecule has 6 heteroatoms. The van der Waals surface area contributed by atoms with Gasteiger partial charge in [0, 0.05) is 32.1 Å². The van der Waals surface area contributed by atoms with Gasteiger partial charge >= 0.3 is 7.12 Å². The molecule has 5 rings (SSSR count). The topological polar surface area (TPSA) is 65.0 Å². The zero-order valence-corrected chi connectivity index (χ0v) is 17.9. The van der Waals surface area contributed by atoms with Crippen molar-refractivity contribution in [2.24, 2.45) is 0 Å². The van der Waals surface area contributed by atoms with Crippen LogP contribution in [0.25, 0.3) is 11.1 Å². The molecule has 160 valence electrons. The van der Waals surface area contributed by atoms with Crippen molar-refractivity contribution in [2.75, 3.05) is 31.1 Å². The molecule has 5 nitrogen and oxygen atoms in total. The zero-order valence-electron chi connectivity index (χ0n) is 17.9. The lowest BCUT2D eigenvalue weighted by Crippen LogP contribution is -2.51. The first-order valence-electron chi connectivity index (χ1n) is 10.8. The summed E-state index contributed by atoms with van der Waals surface area (Å²) < 4.78 is 5.99. The third-order valence-electron chi connectivity index (χ3n) is 5.78. The summed E-state index contributed by atoms with van der Waals surface area (Å²) in [4.78, 5) is 2.53. The standard InChI is InChI=1S/C19H22N2O.C6H7BO2/c1-14-3-2-4-15(11-14)16-5-6-19-18(12-16)21-9-8-20-13-17(21)7-10-22-19;8-7(9)6-4-2-1-3-5-6/h2-6,11-12,17,20H,7-10,13H2,1H3;1-5,8-9H/t17-;/m0./s1. The van der Waals surface area contributed by atoms with E-state index in [1.165, 1.54) is 22.4 Å². The van der Waals surface area contributed by atoms with Gasteiger partial charge in [-0.05, 0) is 35.6 Å². The molecule has 3 aromatic rings. The molecule has 3 N–H and O–H groups in total. The van der Waals surface area contributed by atoms with Gasteiger partial charge in [-0.2, -0.15) is 0 Å². The van der Waals surface area contributed by atoms with Crippen molar-refractivity contribution >= 4 is 18.3 Å². The van der Waals surface area contributed by atoms with Gasteiger partial charge in [-0.15, -0.1) is 0 Å². The van der Waals surface area contributed by atoms with E-state index in [9.17, 15) is 0 Å². The van der Waals surface area contributed by atoms with Gasteiger partial charge in [0.1, 0.15) is 5.75 Å². The molecule has 0 aliphatic carbocycles. The molecule has 1 saturated heterocycles. The lowest BCUT2D eigenvalue weighted by atomic mass is 9.81. The summed E-state index contributed by atoms with van der Waals surface area (Å²) in [5.41, 5.74) is 5.62. The number of piperazine rings is 1. The van der Waals surface area contributed by atoms with Crippen LogP contribution in [0.2, 0.25) is 0 Å². The average Bonchev–Trinajstić information content (AvgIpc) is 2.99. The van der Waals surface area contributed by atoms with E-state index >= 15 is 0 Å². The quantitative estimate of drug-likeness (QED) is 0.561. The molecule has 0 amide bonds. The van der Waals surface area contributed by atoms with Crippen LogP contribution in [0.15, 0.2) is 72.8 Å². The third kappa shape index (κ3) is 5.28. The summed E-state index contributed by atoms with van der Waals surface area (Å²) in [6.07, 6.45) is 1.08. The molecule has 0 spiro atoms. The Kier molecular flexibility index (Phi) is 6.92. The molecule has 0 radical (unpaired) electrons. The van der Waals surface area contributed by atoms with E-state index in [1.54, 1.807) is 24.3 Å². The Hall–Kier alpha value is -2.80. The number of hydrogen-bond donors (Lipinski definition) is 3. The number of ether oxygens (including phenoxy) is 1. The number of nitrogens with zero attached hydrogens (tertiary/aromatic N) is 1. The highest BCUT2D eigenvalue weighted by Gasteiger charge is 2.27. The SMILES string of the molecule is Cc1cccc(-c2ccc3c(c2)N2CCNC[C@@H]2CCO3)c1.OB(O)c1ccccc1. The fourth-order valence-electron chi connectivity index (χ4n) is 4.13. The van der Waals surface area contributed by atoms with Crippen LogP contribution in [0.5, 0.6) is 5.75 Å². The van der Waals surface area contributed by atoms with Gasteiger partial charge in [0.25, 0.3) is 0 Å². The molecule has 2 aliphatic heterocycles. The number of hydrogen-bond acceptors (Lipinski definition) is 5. The van der Waals surface area contributed by atoms with Gasteiger partial charge in [0.2, 0.25) is 0 Å². The van der Waals surface area contributed by atoms with Crippen molar-refractivity contribution in [1.82, 2.24) is 5.32 Å². The Morgan fingerprint density at radius 1 is 0.968 bits per heavy atom. The molecule has 0 saturated carbocycles. The van der Waals surface area contributed by atoms with Crippen molar-refractivity contribution in [2.45, 2.75) is 19.4 Å². The zero-order chi connectivity index (χ0) is 21.6. The summed E-state index contributed by atoms with van der Waals surface area (Å²) in [5.74, 6) is 1.03. The molecule has 0 aromatic heterocycles. The second-order valence-corrected chi connectivity index (χ2v) is 8.02.